The summed E-state index contributed by atoms with van der Waals surface area (Å²) in [4.78, 5) is 9.35. The third-order valence-electron chi connectivity index (χ3n) is 4.18. The second kappa shape index (κ2) is 7.24. The van der Waals surface area contributed by atoms with Gasteiger partial charge in [0.2, 0.25) is 0 Å². The number of rotatable bonds is 5. The van der Waals surface area contributed by atoms with E-state index in [-0.39, 0.29) is 0 Å². The largest absolute Gasteiger partial charge is 0.461 e. The number of hydrogen-bond donors (Lipinski definition) is 0. The Hall–Kier alpha value is -3.52. The first-order valence-electron chi connectivity index (χ1n) is 8.64. The smallest absolute Gasteiger partial charge is 0.197 e. The zero-order valence-electron chi connectivity index (χ0n) is 14.6. The summed E-state index contributed by atoms with van der Waals surface area (Å²) in [5.41, 5.74) is 1.79. The van der Waals surface area contributed by atoms with Crippen LogP contribution in [0.25, 0.3) is 28.2 Å². The lowest BCUT2D eigenvalue weighted by molar-refractivity contribution is 0.577. The summed E-state index contributed by atoms with van der Waals surface area (Å²) >= 11 is 1.57. The van der Waals surface area contributed by atoms with Gasteiger partial charge in [0.25, 0.3) is 0 Å². The fourth-order valence-electron chi connectivity index (χ4n) is 2.87. The van der Waals surface area contributed by atoms with E-state index in [1.165, 1.54) is 0 Å². The number of fused-ring (bicyclic) bond motifs is 1. The highest BCUT2D eigenvalue weighted by molar-refractivity contribution is 7.98. The molecule has 5 rings (SSSR count). The van der Waals surface area contributed by atoms with E-state index in [1.807, 2.05) is 66.7 Å². The first-order valence-corrected chi connectivity index (χ1v) is 9.63. The topological polar surface area (TPSA) is 82.5 Å². The molecule has 5 aromatic rings. The molecule has 28 heavy (non-hydrogen) atoms. The summed E-state index contributed by atoms with van der Waals surface area (Å²) in [6, 6.07) is 21.4. The van der Waals surface area contributed by atoms with Gasteiger partial charge in [-0.15, -0.1) is 5.10 Å². The molecular weight excluding hydrogens is 372 g/mol. The molecule has 0 atom stereocenters. The predicted octanol–water partition coefficient (Wildman–Crippen LogP) is 4.16. The van der Waals surface area contributed by atoms with E-state index in [0.717, 1.165) is 27.4 Å². The van der Waals surface area contributed by atoms with Crippen molar-refractivity contribution < 1.29 is 4.42 Å². The van der Waals surface area contributed by atoms with E-state index in [0.29, 0.717) is 17.3 Å². The van der Waals surface area contributed by atoms with Gasteiger partial charge < -0.3 is 4.42 Å². The maximum absolute atomic E-state index is 5.48. The lowest BCUT2D eigenvalue weighted by atomic mass is 10.2. The molecule has 0 aliphatic heterocycles. The number of para-hydroxylation sites is 2. The van der Waals surface area contributed by atoms with Crippen LogP contribution < -0.4 is 0 Å². The van der Waals surface area contributed by atoms with Crippen LogP contribution in [0.1, 0.15) is 5.82 Å². The van der Waals surface area contributed by atoms with Gasteiger partial charge >= 0.3 is 0 Å². The predicted molar refractivity (Wildman–Crippen MR) is 106 cm³/mol. The van der Waals surface area contributed by atoms with Gasteiger partial charge in [0.05, 0.1) is 23.2 Å². The molecule has 0 N–H and O–H groups in total. The molecule has 0 aliphatic rings. The molecule has 3 heterocycles. The molecule has 0 saturated heterocycles. The van der Waals surface area contributed by atoms with Crippen LogP contribution in [0, 0.1) is 0 Å². The highest BCUT2D eigenvalue weighted by Crippen LogP contribution is 2.30. The Morgan fingerprint density at radius 3 is 2.61 bits per heavy atom. The minimum absolute atomic E-state index is 0.564. The summed E-state index contributed by atoms with van der Waals surface area (Å²) in [6.07, 6.45) is 1.62. The van der Waals surface area contributed by atoms with Gasteiger partial charge in [-0.1, -0.05) is 48.2 Å². The van der Waals surface area contributed by atoms with E-state index in [9.17, 15) is 0 Å². The number of thioether (sulfide) groups is 1. The number of aromatic nitrogens is 6. The molecule has 0 bridgehead atoms. The number of hydrogen-bond acceptors (Lipinski definition) is 7. The first-order chi connectivity index (χ1) is 13.9. The van der Waals surface area contributed by atoms with Crippen molar-refractivity contribution in [2.45, 2.75) is 10.8 Å². The van der Waals surface area contributed by atoms with Crippen LogP contribution in [0.4, 0.5) is 0 Å². The number of benzene rings is 2. The molecule has 0 spiro atoms. The molecule has 7 nitrogen and oxygen atoms in total. The Morgan fingerprint density at radius 1 is 0.893 bits per heavy atom. The third kappa shape index (κ3) is 3.14. The van der Waals surface area contributed by atoms with Gasteiger partial charge in [-0.25, -0.2) is 9.97 Å². The Labute approximate surface area is 164 Å². The average molecular weight is 386 g/mol. The van der Waals surface area contributed by atoms with Crippen molar-refractivity contribution in [3.8, 4) is 17.3 Å². The average Bonchev–Trinajstić information content (AvgIpc) is 3.44. The SMILES string of the molecule is c1ccc(-n2nnnc2CSc2nc(-c3ccco3)nc3ccccc23)cc1. The van der Waals surface area contributed by atoms with Crippen LogP contribution >= 0.6 is 11.8 Å². The Morgan fingerprint density at radius 2 is 1.75 bits per heavy atom. The summed E-state index contributed by atoms with van der Waals surface area (Å²) < 4.78 is 7.22. The summed E-state index contributed by atoms with van der Waals surface area (Å²) in [7, 11) is 0. The standard InChI is InChI=1S/C20H14N6OS/c1-2-7-14(8-3-1)26-18(23-24-25-26)13-28-20-15-9-4-5-10-16(15)21-19(22-20)17-11-6-12-27-17/h1-12H,13H2. The first kappa shape index (κ1) is 16.6. The van der Waals surface area contributed by atoms with Gasteiger partial charge in [0, 0.05) is 5.39 Å². The van der Waals surface area contributed by atoms with E-state index < -0.39 is 0 Å². The van der Waals surface area contributed by atoms with Gasteiger partial charge in [0.1, 0.15) is 5.03 Å². The molecule has 0 unspecified atom stereocenters. The maximum atomic E-state index is 5.48. The Kier molecular flexibility index (Phi) is 4.30. The second-order valence-corrected chi connectivity index (χ2v) is 6.94. The van der Waals surface area contributed by atoms with Gasteiger partial charge in [0.15, 0.2) is 17.4 Å². The van der Waals surface area contributed by atoms with Crippen LogP contribution in [0.5, 0.6) is 0 Å². The van der Waals surface area contributed by atoms with Crippen molar-refractivity contribution in [2.75, 3.05) is 0 Å². The Bertz CT molecular complexity index is 1220. The van der Waals surface area contributed by atoms with Crippen LogP contribution in [0.3, 0.4) is 0 Å². The van der Waals surface area contributed by atoms with Gasteiger partial charge in [-0.05, 0) is 40.8 Å². The molecule has 2 aromatic carbocycles. The summed E-state index contributed by atoms with van der Waals surface area (Å²) in [6.45, 7) is 0. The number of furan rings is 1. The van der Waals surface area contributed by atoms with Crippen LogP contribution in [-0.4, -0.2) is 30.2 Å². The fraction of sp³-hybridized carbons (Fsp3) is 0.0500. The van der Waals surface area contributed by atoms with Crippen molar-refractivity contribution in [1.82, 2.24) is 30.2 Å². The highest BCUT2D eigenvalue weighted by atomic mass is 32.2. The quantitative estimate of drug-likeness (QED) is 0.331. The van der Waals surface area contributed by atoms with Crippen LogP contribution in [0.15, 0.2) is 82.4 Å². The van der Waals surface area contributed by atoms with Gasteiger partial charge in [-0.2, -0.15) is 4.68 Å². The van der Waals surface area contributed by atoms with Crippen molar-refractivity contribution in [1.29, 1.82) is 0 Å². The third-order valence-corrected chi connectivity index (χ3v) is 5.17. The van der Waals surface area contributed by atoms with Crippen LogP contribution in [-0.2, 0) is 5.75 Å². The minimum atomic E-state index is 0.564. The minimum Gasteiger partial charge on any atom is -0.461 e. The van der Waals surface area contributed by atoms with Gasteiger partial charge in [-0.3, -0.25) is 0 Å². The van der Waals surface area contributed by atoms with E-state index >= 15 is 0 Å². The number of tetrazole rings is 1. The summed E-state index contributed by atoms with van der Waals surface area (Å²) in [5.74, 6) is 2.52. The molecule has 0 fully saturated rings. The zero-order chi connectivity index (χ0) is 18.8. The lowest BCUT2D eigenvalue weighted by Crippen LogP contribution is -2.02. The molecular formula is C20H14N6OS. The zero-order valence-corrected chi connectivity index (χ0v) is 15.5. The molecule has 0 saturated carbocycles. The van der Waals surface area contributed by atoms with E-state index in [1.54, 1.807) is 22.7 Å². The molecule has 3 aromatic heterocycles. The molecule has 8 heteroatoms. The van der Waals surface area contributed by atoms with E-state index in [2.05, 4.69) is 20.5 Å². The van der Waals surface area contributed by atoms with Crippen molar-refractivity contribution in [2.24, 2.45) is 0 Å². The molecule has 0 amide bonds. The second-order valence-electron chi connectivity index (χ2n) is 5.98. The number of nitrogens with zero attached hydrogens (tertiary/aromatic N) is 6. The van der Waals surface area contributed by atoms with Crippen LogP contribution in [0.2, 0.25) is 0 Å². The monoisotopic (exact) mass is 386 g/mol. The molecule has 136 valence electrons. The summed E-state index contributed by atoms with van der Waals surface area (Å²) in [5, 5.41) is 14.0. The fourth-order valence-corrected chi connectivity index (χ4v) is 3.80. The van der Waals surface area contributed by atoms with Crippen molar-refractivity contribution >= 4 is 22.7 Å². The van der Waals surface area contributed by atoms with E-state index in [4.69, 9.17) is 9.40 Å². The van der Waals surface area contributed by atoms with Crippen molar-refractivity contribution in [3.05, 3.63) is 78.8 Å². The highest BCUT2D eigenvalue weighted by Gasteiger charge is 2.14. The molecule has 0 aliphatic carbocycles. The van der Waals surface area contributed by atoms with Crippen molar-refractivity contribution in [3.63, 3.8) is 0 Å². The lowest BCUT2D eigenvalue weighted by Gasteiger charge is -2.08. The maximum Gasteiger partial charge on any atom is 0.197 e. The normalized spacial score (nSPS) is 11.1. The Balaban J connectivity index is 1.50. The molecule has 0 radical (unpaired) electrons.